The first-order chi connectivity index (χ1) is 8.84. The summed E-state index contributed by atoms with van der Waals surface area (Å²) in [5, 5.41) is 3.45. The molecule has 1 fully saturated rings. The third-order valence-electron chi connectivity index (χ3n) is 3.56. The van der Waals surface area contributed by atoms with Crippen LogP contribution in [0, 0.1) is 5.82 Å². The van der Waals surface area contributed by atoms with E-state index in [9.17, 15) is 4.39 Å². The van der Waals surface area contributed by atoms with E-state index in [2.05, 4.69) is 5.32 Å². The molecule has 0 amide bonds. The Labute approximate surface area is 106 Å². The molecule has 0 radical (unpaired) electrons. The van der Waals surface area contributed by atoms with Gasteiger partial charge in [0.15, 0.2) is 17.3 Å². The van der Waals surface area contributed by atoms with Crippen molar-refractivity contribution in [2.24, 2.45) is 0 Å². The van der Waals surface area contributed by atoms with E-state index in [-0.39, 0.29) is 5.82 Å². The Hall–Kier alpha value is -1.29. The first-order valence-corrected chi connectivity index (χ1v) is 6.65. The van der Waals surface area contributed by atoms with E-state index in [1.54, 1.807) is 0 Å². The Morgan fingerprint density at radius 2 is 2.00 bits per heavy atom. The number of halogens is 1. The predicted molar refractivity (Wildman–Crippen MR) is 66.7 cm³/mol. The molecule has 1 aromatic carbocycles. The van der Waals surface area contributed by atoms with Gasteiger partial charge in [0.1, 0.15) is 0 Å². The van der Waals surface area contributed by atoms with Gasteiger partial charge in [0.2, 0.25) is 0 Å². The topological polar surface area (TPSA) is 30.5 Å². The van der Waals surface area contributed by atoms with Gasteiger partial charge >= 0.3 is 0 Å². The summed E-state index contributed by atoms with van der Waals surface area (Å²) in [7, 11) is 0. The fourth-order valence-corrected chi connectivity index (χ4v) is 2.64. The van der Waals surface area contributed by atoms with Gasteiger partial charge in [-0.05, 0) is 37.4 Å². The second kappa shape index (κ2) is 5.14. The van der Waals surface area contributed by atoms with Crippen LogP contribution in [-0.2, 0) is 6.42 Å². The van der Waals surface area contributed by atoms with Crippen LogP contribution < -0.4 is 14.8 Å². The van der Waals surface area contributed by atoms with Gasteiger partial charge in [-0.3, -0.25) is 0 Å². The third kappa shape index (κ3) is 2.29. The Balaban J connectivity index is 1.88. The molecule has 3 rings (SSSR count). The van der Waals surface area contributed by atoms with Crippen LogP contribution in [0.1, 0.15) is 24.8 Å². The molecule has 0 spiro atoms. The number of nitrogens with one attached hydrogen (secondary N) is 1. The van der Waals surface area contributed by atoms with Crippen molar-refractivity contribution in [1.29, 1.82) is 0 Å². The maximum atomic E-state index is 13.7. The molecule has 1 unspecified atom stereocenters. The van der Waals surface area contributed by atoms with Crippen molar-refractivity contribution in [3.8, 4) is 11.5 Å². The fourth-order valence-electron chi connectivity index (χ4n) is 2.64. The minimum atomic E-state index is -0.324. The van der Waals surface area contributed by atoms with Crippen LogP contribution in [0.15, 0.2) is 12.1 Å². The Morgan fingerprint density at radius 1 is 1.17 bits per heavy atom. The molecule has 0 bridgehead atoms. The van der Waals surface area contributed by atoms with Crippen LogP contribution in [0.25, 0.3) is 0 Å². The van der Waals surface area contributed by atoms with Crippen LogP contribution in [0.5, 0.6) is 11.5 Å². The summed E-state index contributed by atoms with van der Waals surface area (Å²) >= 11 is 0. The first-order valence-electron chi connectivity index (χ1n) is 6.65. The zero-order valence-corrected chi connectivity index (χ0v) is 10.4. The van der Waals surface area contributed by atoms with Crippen molar-refractivity contribution in [3.05, 3.63) is 23.5 Å². The smallest absolute Gasteiger partial charge is 0.197 e. The molecule has 18 heavy (non-hydrogen) atoms. The number of rotatable bonds is 2. The summed E-state index contributed by atoms with van der Waals surface area (Å²) < 4.78 is 24.9. The van der Waals surface area contributed by atoms with E-state index in [0.717, 1.165) is 24.9 Å². The average molecular weight is 251 g/mol. The predicted octanol–water partition coefficient (Wildman–Crippen LogP) is 2.28. The van der Waals surface area contributed by atoms with Gasteiger partial charge in [0, 0.05) is 12.5 Å². The molecule has 4 heteroatoms. The van der Waals surface area contributed by atoms with Crippen LogP contribution >= 0.6 is 0 Å². The number of benzene rings is 1. The molecule has 0 aromatic heterocycles. The molecule has 1 aromatic rings. The summed E-state index contributed by atoms with van der Waals surface area (Å²) in [6.45, 7) is 2.20. The van der Waals surface area contributed by atoms with Gasteiger partial charge < -0.3 is 14.8 Å². The van der Waals surface area contributed by atoms with E-state index < -0.39 is 0 Å². The van der Waals surface area contributed by atoms with Crippen molar-refractivity contribution >= 4 is 0 Å². The van der Waals surface area contributed by atoms with Crippen molar-refractivity contribution in [2.45, 2.75) is 31.7 Å². The van der Waals surface area contributed by atoms with Crippen LogP contribution in [0.4, 0.5) is 4.39 Å². The lowest BCUT2D eigenvalue weighted by molar-refractivity contribution is 0.291. The van der Waals surface area contributed by atoms with Crippen molar-refractivity contribution in [3.63, 3.8) is 0 Å². The number of hydrogen-bond acceptors (Lipinski definition) is 3. The van der Waals surface area contributed by atoms with Gasteiger partial charge in [0.05, 0.1) is 13.2 Å². The van der Waals surface area contributed by atoms with Crippen LogP contribution in [0.3, 0.4) is 0 Å². The standard InChI is InChI=1S/C14H18FNO2/c15-12-5-4-10(9-11-3-1-6-16-11)13-14(12)18-8-2-7-17-13/h4-5,11,16H,1-3,6-9H2. The molecule has 0 aliphatic carbocycles. The first kappa shape index (κ1) is 11.8. The number of hydrogen-bond donors (Lipinski definition) is 1. The van der Waals surface area contributed by atoms with E-state index in [1.165, 1.54) is 18.9 Å². The van der Waals surface area contributed by atoms with Gasteiger partial charge in [0.25, 0.3) is 0 Å². The largest absolute Gasteiger partial charge is 0.489 e. The lowest BCUT2D eigenvalue weighted by Gasteiger charge is -2.16. The average Bonchev–Trinajstić information content (AvgIpc) is 2.74. The summed E-state index contributed by atoms with van der Waals surface area (Å²) in [6.07, 6.45) is 4.07. The fraction of sp³-hybridized carbons (Fsp3) is 0.571. The molecule has 0 saturated carbocycles. The Bertz CT molecular complexity index is 430. The highest BCUT2D eigenvalue weighted by atomic mass is 19.1. The molecule has 1 atom stereocenters. The van der Waals surface area contributed by atoms with Crippen molar-refractivity contribution < 1.29 is 13.9 Å². The monoisotopic (exact) mass is 251 g/mol. The van der Waals surface area contributed by atoms with Crippen LogP contribution in [-0.4, -0.2) is 25.8 Å². The summed E-state index contributed by atoms with van der Waals surface area (Å²) in [5.41, 5.74) is 1.05. The summed E-state index contributed by atoms with van der Waals surface area (Å²) in [6, 6.07) is 3.78. The van der Waals surface area contributed by atoms with Gasteiger partial charge in [-0.15, -0.1) is 0 Å². The highest BCUT2D eigenvalue weighted by molar-refractivity contribution is 5.48. The summed E-state index contributed by atoms with van der Waals surface area (Å²) in [4.78, 5) is 0. The van der Waals surface area contributed by atoms with E-state index in [4.69, 9.17) is 9.47 Å². The highest BCUT2D eigenvalue weighted by Gasteiger charge is 2.22. The van der Waals surface area contributed by atoms with Crippen molar-refractivity contribution in [2.75, 3.05) is 19.8 Å². The molecular weight excluding hydrogens is 233 g/mol. The second-order valence-electron chi connectivity index (χ2n) is 4.91. The number of ether oxygens (including phenoxy) is 2. The Morgan fingerprint density at radius 3 is 2.78 bits per heavy atom. The molecule has 3 nitrogen and oxygen atoms in total. The lowest BCUT2D eigenvalue weighted by Crippen LogP contribution is -2.24. The van der Waals surface area contributed by atoms with E-state index in [1.807, 2.05) is 6.07 Å². The minimum absolute atomic E-state index is 0.294. The van der Waals surface area contributed by atoms with Crippen LogP contribution in [0.2, 0.25) is 0 Å². The molecule has 2 aliphatic heterocycles. The van der Waals surface area contributed by atoms with Gasteiger partial charge in [-0.25, -0.2) is 4.39 Å². The third-order valence-corrected chi connectivity index (χ3v) is 3.56. The highest BCUT2D eigenvalue weighted by Crippen LogP contribution is 2.36. The quantitative estimate of drug-likeness (QED) is 0.874. The molecule has 1 N–H and O–H groups in total. The van der Waals surface area contributed by atoms with E-state index in [0.29, 0.717) is 30.8 Å². The molecule has 98 valence electrons. The zero-order valence-electron chi connectivity index (χ0n) is 10.4. The minimum Gasteiger partial charge on any atom is -0.489 e. The van der Waals surface area contributed by atoms with Gasteiger partial charge in [-0.1, -0.05) is 6.07 Å². The lowest BCUT2D eigenvalue weighted by atomic mass is 10.0. The second-order valence-corrected chi connectivity index (χ2v) is 4.91. The maximum Gasteiger partial charge on any atom is 0.197 e. The van der Waals surface area contributed by atoms with Gasteiger partial charge in [-0.2, -0.15) is 0 Å². The Kier molecular flexibility index (Phi) is 3.37. The normalized spacial score (nSPS) is 22.8. The molecule has 2 heterocycles. The maximum absolute atomic E-state index is 13.7. The SMILES string of the molecule is Fc1ccc(CC2CCCN2)c2c1OCCCO2. The molecular formula is C14H18FNO2. The van der Waals surface area contributed by atoms with E-state index >= 15 is 0 Å². The van der Waals surface area contributed by atoms with Crippen molar-refractivity contribution in [1.82, 2.24) is 5.32 Å². The molecule has 1 saturated heterocycles. The zero-order chi connectivity index (χ0) is 12.4. The summed E-state index contributed by atoms with van der Waals surface area (Å²) in [5.74, 6) is 0.583. The number of fused-ring (bicyclic) bond motifs is 1. The molecule has 2 aliphatic rings.